The van der Waals surface area contributed by atoms with Crippen molar-refractivity contribution in [3.63, 3.8) is 0 Å². The van der Waals surface area contributed by atoms with Crippen LogP contribution in [0.2, 0.25) is 0 Å². The van der Waals surface area contributed by atoms with Crippen molar-refractivity contribution in [2.24, 2.45) is 5.84 Å². The van der Waals surface area contributed by atoms with Crippen LogP contribution in [0.1, 0.15) is 0 Å². The lowest BCUT2D eigenvalue weighted by Gasteiger charge is -2.10. The highest BCUT2D eigenvalue weighted by Crippen LogP contribution is 1.84. The van der Waals surface area contributed by atoms with Crippen LogP contribution in [-0.4, -0.2) is 27.1 Å². The highest BCUT2D eigenvalue weighted by Gasteiger charge is 1.99. The van der Waals surface area contributed by atoms with Crippen LogP contribution in [0, 0.1) is 0 Å². The monoisotopic (exact) mass is 120 g/mol. The summed E-state index contributed by atoms with van der Waals surface area (Å²) < 4.78 is 9.55. The maximum atomic E-state index is 4.97. The summed E-state index contributed by atoms with van der Waals surface area (Å²) in [7, 11) is 3.12. The molecule has 0 atom stereocenters. The molecule has 0 fully saturated rings. The van der Waals surface area contributed by atoms with E-state index in [-0.39, 0.29) is 6.29 Å². The van der Waals surface area contributed by atoms with Gasteiger partial charge in [0.2, 0.25) is 0 Å². The molecule has 4 heteroatoms. The third-order valence-electron chi connectivity index (χ3n) is 0.810. The van der Waals surface area contributed by atoms with E-state index in [0.717, 1.165) is 0 Å². The molecule has 0 aromatic heterocycles. The van der Waals surface area contributed by atoms with Gasteiger partial charge >= 0.3 is 0 Å². The average Bonchev–Trinajstić information content (AvgIpc) is 1.83. The molecule has 8 heavy (non-hydrogen) atoms. The van der Waals surface area contributed by atoms with Crippen LogP contribution >= 0.6 is 0 Å². The Kier molecular flexibility index (Phi) is 4.89. The molecule has 0 saturated heterocycles. The Morgan fingerprint density at radius 3 is 2.12 bits per heavy atom. The Bertz CT molecular complexity index is 47.3. The molecule has 0 amide bonds. The summed E-state index contributed by atoms with van der Waals surface area (Å²) >= 11 is 0. The first-order valence-electron chi connectivity index (χ1n) is 2.34. The highest BCUT2D eigenvalue weighted by molar-refractivity contribution is 4.40. The first kappa shape index (κ1) is 7.84. The number of methoxy groups -OCH3 is 2. The second kappa shape index (κ2) is 4.99. The third-order valence-corrected chi connectivity index (χ3v) is 0.810. The maximum absolute atomic E-state index is 4.97. The fourth-order valence-corrected chi connectivity index (χ4v) is 0.359. The molecule has 0 spiro atoms. The largest absolute Gasteiger partial charge is 0.354 e. The second-order valence-electron chi connectivity index (χ2n) is 1.31. The Balaban J connectivity index is 3.07. The van der Waals surface area contributed by atoms with Crippen LogP contribution in [0.5, 0.6) is 0 Å². The fourth-order valence-electron chi connectivity index (χ4n) is 0.359. The van der Waals surface area contributed by atoms with Crippen LogP contribution in [0.25, 0.3) is 0 Å². The average molecular weight is 120 g/mol. The number of hydrogen-bond acceptors (Lipinski definition) is 4. The summed E-state index contributed by atoms with van der Waals surface area (Å²) in [4.78, 5) is 0. The minimum atomic E-state index is -0.236. The molecule has 0 aliphatic rings. The SMILES string of the molecule is COC(CNN)OC. The summed E-state index contributed by atoms with van der Waals surface area (Å²) in [5.41, 5.74) is 2.42. The van der Waals surface area contributed by atoms with Crippen molar-refractivity contribution in [2.45, 2.75) is 6.29 Å². The topological polar surface area (TPSA) is 56.5 Å². The van der Waals surface area contributed by atoms with Crippen molar-refractivity contribution in [2.75, 3.05) is 20.8 Å². The zero-order chi connectivity index (χ0) is 6.41. The van der Waals surface area contributed by atoms with Gasteiger partial charge in [-0.25, -0.2) is 0 Å². The summed E-state index contributed by atoms with van der Waals surface area (Å²) in [6.45, 7) is 0.507. The molecule has 0 aliphatic carbocycles. The van der Waals surface area contributed by atoms with Crippen LogP contribution in [-0.2, 0) is 9.47 Å². The van der Waals surface area contributed by atoms with Gasteiger partial charge in [0.25, 0.3) is 0 Å². The van der Waals surface area contributed by atoms with Gasteiger partial charge in [-0.15, -0.1) is 0 Å². The zero-order valence-electron chi connectivity index (χ0n) is 5.18. The predicted molar refractivity (Wildman–Crippen MR) is 30.0 cm³/mol. The molecule has 3 N–H and O–H groups in total. The lowest BCUT2D eigenvalue weighted by atomic mass is 10.6. The van der Waals surface area contributed by atoms with E-state index >= 15 is 0 Å². The van der Waals surface area contributed by atoms with Gasteiger partial charge in [-0.3, -0.25) is 11.3 Å². The lowest BCUT2D eigenvalue weighted by Crippen LogP contribution is -2.34. The number of nitrogens with two attached hydrogens (primary N) is 1. The Labute approximate surface area is 48.9 Å². The van der Waals surface area contributed by atoms with Crippen LogP contribution in [0.15, 0.2) is 0 Å². The van der Waals surface area contributed by atoms with Crippen molar-refractivity contribution < 1.29 is 9.47 Å². The summed E-state index contributed by atoms with van der Waals surface area (Å²) in [5, 5.41) is 0. The first-order valence-corrected chi connectivity index (χ1v) is 2.34. The molecule has 0 rings (SSSR count). The van der Waals surface area contributed by atoms with E-state index in [9.17, 15) is 0 Å². The number of hydrogen-bond donors (Lipinski definition) is 2. The van der Waals surface area contributed by atoms with Crippen molar-refractivity contribution >= 4 is 0 Å². The van der Waals surface area contributed by atoms with E-state index in [0.29, 0.717) is 6.54 Å². The van der Waals surface area contributed by atoms with Crippen molar-refractivity contribution in [3.8, 4) is 0 Å². The third kappa shape index (κ3) is 2.92. The van der Waals surface area contributed by atoms with E-state index in [1.807, 2.05) is 0 Å². The molecular weight excluding hydrogens is 108 g/mol. The van der Waals surface area contributed by atoms with E-state index in [1.54, 1.807) is 14.2 Å². The second-order valence-corrected chi connectivity index (χ2v) is 1.31. The molecule has 0 radical (unpaired) electrons. The summed E-state index contributed by atoms with van der Waals surface area (Å²) in [6, 6.07) is 0. The van der Waals surface area contributed by atoms with Gasteiger partial charge in [-0.05, 0) is 0 Å². The normalized spacial score (nSPS) is 10.5. The summed E-state index contributed by atoms with van der Waals surface area (Å²) in [6.07, 6.45) is -0.236. The summed E-state index contributed by atoms with van der Waals surface area (Å²) in [5.74, 6) is 4.97. The molecule has 0 saturated carbocycles. The van der Waals surface area contributed by atoms with E-state index < -0.39 is 0 Å². The van der Waals surface area contributed by atoms with Crippen LogP contribution in [0.3, 0.4) is 0 Å². The van der Waals surface area contributed by atoms with Gasteiger partial charge in [0.05, 0.1) is 6.54 Å². The van der Waals surface area contributed by atoms with Gasteiger partial charge in [-0.1, -0.05) is 0 Å². The van der Waals surface area contributed by atoms with Crippen molar-refractivity contribution in [3.05, 3.63) is 0 Å². The zero-order valence-corrected chi connectivity index (χ0v) is 5.18. The molecule has 50 valence electrons. The number of hydrazine groups is 1. The van der Waals surface area contributed by atoms with Gasteiger partial charge in [0.1, 0.15) is 0 Å². The van der Waals surface area contributed by atoms with E-state index in [4.69, 9.17) is 15.3 Å². The van der Waals surface area contributed by atoms with Crippen molar-refractivity contribution in [1.29, 1.82) is 0 Å². The number of rotatable bonds is 4. The predicted octanol–water partition coefficient (Wildman–Crippen LogP) is -0.931. The van der Waals surface area contributed by atoms with Gasteiger partial charge in [0.15, 0.2) is 6.29 Å². The minimum Gasteiger partial charge on any atom is -0.354 e. The number of ether oxygens (including phenoxy) is 2. The Morgan fingerprint density at radius 2 is 2.00 bits per heavy atom. The molecule has 0 aromatic carbocycles. The number of nitrogens with one attached hydrogen (secondary N) is 1. The molecule has 0 bridgehead atoms. The minimum absolute atomic E-state index is 0.236. The molecule has 0 heterocycles. The molecule has 0 aromatic rings. The van der Waals surface area contributed by atoms with Crippen molar-refractivity contribution in [1.82, 2.24) is 5.43 Å². The smallest absolute Gasteiger partial charge is 0.170 e. The standard InChI is InChI=1S/C4H12N2O2/c1-7-4(8-2)3-6-5/h4,6H,3,5H2,1-2H3. The van der Waals surface area contributed by atoms with Gasteiger partial charge < -0.3 is 9.47 Å². The molecule has 0 unspecified atom stereocenters. The highest BCUT2D eigenvalue weighted by atomic mass is 16.7. The van der Waals surface area contributed by atoms with Crippen LogP contribution in [0.4, 0.5) is 0 Å². The van der Waals surface area contributed by atoms with Crippen LogP contribution < -0.4 is 11.3 Å². The lowest BCUT2D eigenvalue weighted by molar-refractivity contribution is -0.0987. The quantitative estimate of drug-likeness (QED) is 0.286. The fraction of sp³-hybridized carbons (Fsp3) is 1.00. The Hall–Kier alpha value is -0.160. The van der Waals surface area contributed by atoms with E-state index in [1.165, 1.54) is 0 Å². The Morgan fingerprint density at radius 1 is 1.50 bits per heavy atom. The first-order chi connectivity index (χ1) is 3.85. The van der Waals surface area contributed by atoms with E-state index in [2.05, 4.69) is 5.43 Å². The molecule has 0 aliphatic heterocycles. The van der Waals surface area contributed by atoms with Gasteiger partial charge in [-0.2, -0.15) is 0 Å². The molecule has 4 nitrogen and oxygen atoms in total. The molecular formula is C4H12N2O2. The van der Waals surface area contributed by atoms with Gasteiger partial charge in [0, 0.05) is 14.2 Å². The maximum Gasteiger partial charge on any atom is 0.170 e.